The summed E-state index contributed by atoms with van der Waals surface area (Å²) in [7, 11) is 0. The van der Waals surface area contributed by atoms with Crippen molar-refractivity contribution in [3.8, 4) is 0 Å². The van der Waals surface area contributed by atoms with Crippen LogP contribution in [-0.4, -0.2) is 22.6 Å². The second-order valence-corrected chi connectivity index (χ2v) is 1.66. The number of hydrogen-bond donors (Lipinski definition) is 2. The lowest BCUT2D eigenvalue weighted by Crippen LogP contribution is -1.95. The summed E-state index contributed by atoms with van der Waals surface area (Å²) in [5, 5.41) is 20.9. The minimum Gasteiger partial charge on any atom is -0.308 e. The van der Waals surface area contributed by atoms with Crippen LogP contribution in [0.5, 0.6) is 0 Å². The summed E-state index contributed by atoms with van der Waals surface area (Å²) in [5.41, 5.74) is 1.04. The third-order valence-corrected chi connectivity index (χ3v) is 1.07. The molecule has 0 radical (unpaired) electrons. The molecule has 4 heteroatoms. The predicted octanol–water partition coefficient (Wildman–Crippen LogP) is 0.472. The topological polar surface area (TPSA) is 73.5 Å². The van der Waals surface area contributed by atoms with E-state index in [1.54, 1.807) is 6.07 Å². The zero-order valence-corrected chi connectivity index (χ0v) is 5.20. The highest BCUT2D eigenvalue weighted by molar-refractivity contribution is 5.89. The lowest BCUT2D eigenvalue weighted by Gasteiger charge is -1.92. The summed E-state index contributed by atoms with van der Waals surface area (Å²) in [6, 6.07) is 1.64. The lowest BCUT2D eigenvalue weighted by atomic mass is 10.2. The molecule has 0 aliphatic heterocycles. The quantitative estimate of drug-likeness (QED) is 0.577. The molecular weight excluding hydrogens is 128 g/mol. The van der Waals surface area contributed by atoms with E-state index in [4.69, 9.17) is 10.8 Å². The Morgan fingerprint density at radius 2 is 2.10 bits per heavy atom. The number of nitrogens with one attached hydrogen (secondary N) is 2. The summed E-state index contributed by atoms with van der Waals surface area (Å²) >= 11 is 0. The van der Waals surface area contributed by atoms with Crippen molar-refractivity contribution < 1.29 is 0 Å². The third kappa shape index (κ3) is 1.05. The molecule has 0 saturated heterocycles. The lowest BCUT2D eigenvalue weighted by molar-refractivity contribution is 1.02. The molecule has 1 aromatic heterocycles. The Hall–Kier alpha value is -1.58. The van der Waals surface area contributed by atoms with Crippen LogP contribution in [0.3, 0.4) is 0 Å². The van der Waals surface area contributed by atoms with E-state index in [2.05, 4.69) is 10.2 Å². The average Bonchev–Trinajstić information content (AvgIpc) is 2.04. The maximum atomic E-state index is 6.89. The Morgan fingerprint density at radius 1 is 1.30 bits per heavy atom. The maximum absolute atomic E-state index is 6.89. The molecule has 0 amide bonds. The molecule has 0 aliphatic carbocycles. The van der Waals surface area contributed by atoms with Crippen LogP contribution in [0.1, 0.15) is 11.3 Å². The van der Waals surface area contributed by atoms with Gasteiger partial charge in [-0.25, -0.2) is 0 Å². The van der Waals surface area contributed by atoms with Crippen molar-refractivity contribution in [3.63, 3.8) is 0 Å². The van der Waals surface area contributed by atoms with Gasteiger partial charge in [0.05, 0.1) is 6.20 Å². The van der Waals surface area contributed by atoms with Gasteiger partial charge >= 0.3 is 0 Å². The number of hydrogen-bond acceptors (Lipinski definition) is 4. The predicted molar refractivity (Wildman–Crippen MR) is 37.8 cm³/mol. The standard InChI is InChI=1S/C6H6N4/c7-3-5-1-2-9-10-6(5)4-8/h1-4,7-8H. The second kappa shape index (κ2) is 2.82. The first-order valence-electron chi connectivity index (χ1n) is 2.71. The molecular formula is C6H6N4. The molecule has 1 heterocycles. The SMILES string of the molecule is N=Cc1ccnnc1C=N. The molecule has 4 nitrogen and oxygen atoms in total. The van der Waals surface area contributed by atoms with Crippen LogP contribution in [0.15, 0.2) is 12.3 Å². The highest BCUT2D eigenvalue weighted by atomic mass is 15.1. The minimum atomic E-state index is 0.428. The van der Waals surface area contributed by atoms with Crippen LogP contribution in [0.4, 0.5) is 0 Å². The Labute approximate surface area is 57.9 Å². The number of rotatable bonds is 2. The van der Waals surface area contributed by atoms with Crippen LogP contribution in [-0.2, 0) is 0 Å². The first kappa shape index (κ1) is 6.54. The fourth-order valence-corrected chi connectivity index (χ4v) is 0.587. The summed E-state index contributed by atoms with van der Waals surface area (Å²) in [6.45, 7) is 0. The monoisotopic (exact) mass is 134 g/mol. The Balaban J connectivity index is 3.20. The molecule has 0 atom stereocenters. The fourth-order valence-electron chi connectivity index (χ4n) is 0.587. The first-order chi connectivity index (χ1) is 4.88. The van der Waals surface area contributed by atoms with Gasteiger partial charge in [-0.3, -0.25) is 0 Å². The van der Waals surface area contributed by atoms with E-state index >= 15 is 0 Å². The van der Waals surface area contributed by atoms with Gasteiger partial charge in [0.25, 0.3) is 0 Å². The van der Waals surface area contributed by atoms with Gasteiger partial charge in [-0.15, -0.1) is 5.10 Å². The van der Waals surface area contributed by atoms with Crippen LogP contribution in [0.25, 0.3) is 0 Å². The highest BCUT2D eigenvalue weighted by Gasteiger charge is 1.94. The summed E-state index contributed by atoms with van der Waals surface area (Å²) in [4.78, 5) is 0. The van der Waals surface area contributed by atoms with Gasteiger partial charge in [0.2, 0.25) is 0 Å². The summed E-state index contributed by atoms with van der Waals surface area (Å²) in [6.07, 6.45) is 3.72. The summed E-state index contributed by atoms with van der Waals surface area (Å²) in [5.74, 6) is 0. The molecule has 0 saturated carbocycles. The molecule has 0 bridgehead atoms. The summed E-state index contributed by atoms with van der Waals surface area (Å²) < 4.78 is 0. The molecule has 0 spiro atoms. The van der Waals surface area contributed by atoms with Gasteiger partial charge in [0.15, 0.2) is 0 Å². The Kier molecular flexibility index (Phi) is 1.84. The minimum absolute atomic E-state index is 0.428. The van der Waals surface area contributed by atoms with Gasteiger partial charge in [-0.1, -0.05) is 0 Å². The molecule has 0 fully saturated rings. The van der Waals surface area contributed by atoms with Gasteiger partial charge in [-0.2, -0.15) is 5.10 Å². The normalized spacial score (nSPS) is 8.80. The molecule has 1 aromatic rings. The van der Waals surface area contributed by atoms with E-state index in [9.17, 15) is 0 Å². The molecule has 50 valence electrons. The zero-order chi connectivity index (χ0) is 7.40. The second-order valence-electron chi connectivity index (χ2n) is 1.66. The van der Waals surface area contributed by atoms with Gasteiger partial charge in [0.1, 0.15) is 5.69 Å². The van der Waals surface area contributed by atoms with E-state index < -0.39 is 0 Å². The van der Waals surface area contributed by atoms with Crippen LogP contribution >= 0.6 is 0 Å². The largest absolute Gasteiger partial charge is 0.308 e. The van der Waals surface area contributed by atoms with E-state index in [0.717, 1.165) is 12.4 Å². The van der Waals surface area contributed by atoms with Crippen molar-refractivity contribution in [1.82, 2.24) is 10.2 Å². The van der Waals surface area contributed by atoms with E-state index in [0.29, 0.717) is 11.3 Å². The van der Waals surface area contributed by atoms with E-state index in [1.807, 2.05) is 0 Å². The van der Waals surface area contributed by atoms with Crippen molar-refractivity contribution in [2.24, 2.45) is 0 Å². The first-order valence-corrected chi connectivity index (χ1v) is 2.71. The average molecular weight is 134 g/mol. The van der Waals surface area contributed by atoms with Gasteiger partial charge < -0.3 is 10.8 Å². The van der Waals surface area contributed by atoms with Crippen molar-refractivity contribution >= 4 is 12.4 Å². The molecule has 0 aromatic carbocycles. The highest BCUT2D eigenvalue weighted by Crippen LogP contribution is 1.95. The number of nitrogens with zero attached hydrogens (tertiary/aromatic N) is 2. The van der Waals surface area contributed by atoms with Crippen molar-refractivity contribution in [1.29, 1.82) is 10.8 Å². The maximum Gasteiger partial charge on any atom is 0.112 e. The van der Waals surface area contributed by atoms with Crippen LogP contribution < -0.4 is 0 Å². The van der Waals surface area contributed by atoms with Crippen molar-refractivity contribution in [2.75, 3.05) is 0 Å². The van der Waals surface area contributed by atoms with Gasteiger partial charge in [-0.05, 0) is 6.07 Å². The zero-order valence-electron chi connectivity index (χ0n) is 5.20. The van der Waals surface area contributed by atoms with E-state index in [-0.39, 0.29) is 0 Å². The Bertz CT molecular complexity index is 229. The van der Waals surface area contributed by atoms with Crippen LogP contribution in [0, 0.1) is 10.8 Å². The van der Waals surface area contributed by atoms with Crippen molar-refractivity contribution in [3.05, 3.63) is 23.5 Å². The molecule has 0 unspecified atom stereocenters. The van der Waals surface area contributed by atoms with E-state index in [1.165, 1.54) is 6.20 Å². The fraction of sp³-hybridized carbons (Fsp3) is 0. The Morgan fingerprint density at radius 3 is 2.60 bits per heavy atom. The number of aromatic nitrogens is 2. The van der Waals surface area contributed by atoms with Gasteiger partial charge in [0, 0.05) is 18.0 Å². The molecule has 10 heavy (non-hydrogen) atoms. The van der Waals surface area contributed by atoms with Crippen LogP contribution in [0.2, 0.25) is 0 Å². The molecule has 1 rings (SSSR count). The molecule has 0 aliphatic rings. The third-order valence-electron chi connectivity index (χ3n) is 1.07. The smallest absolute Gasteiger partial charge is 0.112 e. The van der Waals surface area contributed by atoms with Crippen molar-refractivity contribution in [2.45, 2.75) is 0 Å². The molecule has 2 N–H and O–H groups in total.